The number of carbonyl (C=O) groups is 3. The molecule has 0 radical (unpaired) electrons. The fourth-order valence-electron chi connectivity index (χ4n) is 5.56. The van der Waals surface area contributed by atoms with Gasteiger partial charge in [-0.25, -0.2) is 0 Å². The van der Waals surface area contributed by atoms with Crippen molar-refractivity contribution in [2.75, 3.05) is 26.3 Å². The number of amides is 2. The zero-order chi connectivity index (χ0) is 23.5. The van der Waals surface area contributed by atoms with E-state index in [-0.39, 0.29) is 37.6 Å². The van der Waals surface area contributed by atoms with Gasteiger partial charge in [0.1, 0.15) is 11.6 Å². The third-order valence-electron chi connectivity index (χ3n) is 6.93. The van der Waals surface area contributed by atoms with Crippen LogP contribution in [0.4, 0.5) is 0 Å². The second kappa shape index (κ2) is 10.2. The van der Waals surface area contributed by atoms with E-state index in [1.54, 1.807) is 11.0 Å². The molecule has 2 bridgehead atoms. The van der Waals surface area contributed by atoms with Gasteiger partial charge in [0, 0.05) is 19.1 Å². The summed E-state index contributed by atoms with van der Waals surface area (Å²) in [5.41, 5.74) is -1.06. The monoisotopic (exact) mass is 448 g/mol. The number of hydrogen-bond acceptors (Lipinski definition) is 6. The van der Waals surface area contributed by atoms with Crippen LogP contribution < -0.4 is 0 Å². The normalized spacial score (nSPS) is 30.5. The maximum absolute atomic E-state index is 13.7. The first kappa shape index (κ1) is 24.5. The Bertz CT molecular complexity index is 753. The van der Waals surface area contributed by atoms with E-state index < -0.39 is 35.6 Å². The van der Waals surface area contributed by atoms with Gasteiger partial charge in [0.25, 0.3) is 0 Å². The number of nitrogens with zero attached hydrogens (tertiary/aromatic N) is 2. The molecule has 3 aliphatic rings. The van der Waals surface area contributed by atoms with Gasteiger partial charge in [-0.3, -0.25) is 14.4 Å². The number of unbranched alkanes of at least 4 members (excludes halogenated alkanes) is 2. The second-order valence-corrected chi connectivity index (χ2v) is 9.14. The predicted octanol–water partition coefficient (Wildman–Crippen LogP) is 1.68. The average molecular weight is 449 g/mol. The molecular formula is C24H36N2O6. The van der Waals surface area contributed by atoms with Crippen molar-refractivity contribution in [3.05, 3.63) is 25.3 Å². The fraction of sp³-hybridized carbons (Fsp3) is 0.708. The van der Waals surface area contributed by atoms with Gasteiger partial charge in [0.05, 0.1) is 31.2 Å². The van der Waals surface area contributed by atoms with Gasteiger partial charge in [-0.1, -0.05) is 12.2 Å². The Morgan fingerprint density at radius 2 is 2.09 bits per heavy atom. The number of allylic oxidation sites excluding steroid dienone is 1. The highest BCUT2D eigenvalue weighted by molar-refractivity contribution is 5.98. The lowest BCUT2D eigenvalue weighted by Crippen LogP contribution is -2.57. The molecule has 1 spiro atoms. The van der Waals surface area contributed by atoms with E-state index in [2.05, 4.69) is 13.2 Å². The molecule has 32 heavy (non-hydrogen) atoms. The van der Waals surface area contributed by atoms with Crippen molar-refractivity contribution in [3.63, 3.8) is 0 Å². The summed E-state index contributed by atoms with van der Waals surface area (Å²) in [6, 6.07) is -0.971. The molecule has 8 heteroatoms. The van der Waals surface area contributed by atoms with Crippen LogP contribution in [0.5, 0.6) is 0 Å². The number of β-amino-alcohol motifs (C(OH)–C–C–N with tert-alkyl or cyclic N) is 1. The van der Waals surface area contributed by atoms with Gasteiger partial charge in [0.2, 0.25) is 11.8 Å². The summed E-state index contributed by atoms with van der Waals surface area (Å²) in [7, 11) is 0. The van der Waals surface area contributed by atoms with Gasteiger partial charge in [-0.2, -0.15) is 0 Å². The number of carbonyl (C=O) groups excluding carboxylic acids is 3. The fourth-order valence-corrected chi connectivity index (χ4v) is 5.56. The summed E-state index contributed by atoms with van der Waals surface area (Å²) in [6.45, 7) is 11.6. The smallest absolute Gasteiger partial charge is 0.312 e. The predicted molar refractivity (Wildman–Crippen MR) is 118 cm³/mol. The van der Waals surface area contributed by atoms with Gasteiger partial charge >= 0.3 is 5.97 Å². The molecule has 3 heterocycles. The molecule has 3 aliphatic heterocycles. The highest BCUT2D eigenvalue weighted by atomic mass is 16.6. The minimum atomic E-state index is -1.06. The Hall–Kier alpha value is -2.19. The average Bonchev–Trinajstić information content (AvgIpc) is 3.39. The van der Waals surface area contributed by atoms with Crippen LogP contribution in [0.2, 0.25) is 0 Å². The molecule has 0 saturated carbocycles. The van der Waals surface area contributed by atoms with Crippen molar-refractivity contribution in [2.45, 2.75) is 69.7 Å². The number of esters is 1. The Morgan fingerprint density at radius 1 is 1.34 bits per heavy atom. The molecule has 0 aliphatic carbocycles. The Balaban J connectivity index is 1.86. The topological polar surface area (TPSA) is 96.4 Å². The highest BCUT2D eigenvalue weighted by Crippen LogP contribution is 2.58. The first-order valence-corrected chi connectivity index (χ1v) is 11.6. The van der Waals surface area contributed by atoms with Crippen LogP contribution in [0.15, 0.2) is 25.3 Å². The standard InChI is InChI=1S/C24H36N2O6/c1-5-7-8-9-15-31-23(30)18-17-10-11-24(32-17)19(18)21(28)26(13-14-27)20(24)22(29)25(12-6-2)16(3)4/h5-6,16-20,27H,1-2,7-15H2,3-4H3/t17-,18+,19-,20?,24?/m0/s1. The molecule has 8 nitrogen and oxygen atoms in total. The van der Waals surface area contributed by atoms with Gasteiger partial charge in [-0.05, 0) is 46.0 Å². The molecule has 5 atom stereocenters. The van der Waals surface area contributed by atoms with Gasteiger partial charge in [-0.15, -0.1) is 13.2 Å². The molecule has 2 unspecified atom stereocenters. The lowest BCUT2D eigenvalue weighted by atomic mass is 9.70. The molecule has 3 fully saturated rings. The second-order valence-electron chi connectivity index (χ2n) is 9.14. The summed E-state index contributed by atoms with van der Waals surface area (Å²) < 4.78 is 11.8. The van der Waals surface area contributed by atoms with Gasteiger partial charge < -0.3 is 24.4 Å². The lowest BCUT2D eigenvalue weighted by Gasteiger charge is -2.38. The zero-order valence-electron chi connectivity index (χ0n) is 19.2. The van der Waals surface area contributed by atoms with Crippen molar-refractivity contribution in [3.8, 4) is 0 Å². The highest BCUT2D eigenvalue weighted by Gasteiger charge is 2.75. The van der Waals surface area contributed by atoms with Crippen molar-refractivity contribution < 1.29 is 29.0 Å². The molecular weight excluding hydrogens is 412 g/mol. The number of aliphatic hydroxyl groups is 1. The third-order valence-corrected chi connectivity index (χ3v) is 6.93. The number of hydrogen-bond donors (Lipinski definition) is 1. The number of fused-ring (bicyclic) bond motifs is 1. The number of aliphatic hydroxyl groups excluding tert-OH is 1. The van der Waals surface area contributed by atoms with Crippen molar-refractivity contribution in [1.29, 1.82) is 0 Å². The summed E-state index contributed by atoms with van der Waals surface area (Å²) in [6.07, 6.45) is 6.63. The molecule has 0 aromatic carbocycles. The van der Waals surface area contributed by atoms with Gasteiger partial charge in [0.15, 0.2) is 0 Å². The van der Waals surface area contributed by atoms with Crippen LogP contribution in [-0.4, -0.2) is 82.8 Å². The van der Waals surface area contributed by atoms with E-state index in [1.807, 2.05) is 19.9 Å². The minimum absolute atomic E-state index is 0.0187. The largest absolute Gasteiger partial charge is 0.465 e. The molecule has 1 N–H and O–H groups in total. The number of rotatable bonds is 12. The number of ether oxygens (including phenoxy) is 2. The lowest BCUT2D eigenvalue weighted by molar-refractivity contribution is -0.155. The van der Waals surface area contributed by atoms with Crippen LogP contribution in [-0.2, 0) is 23.9 Å². The third kappa shape index (κ3) is 4.10. The maximum atomic E-state index is 13.7. The Labute approximate surface area is 190 Å². The van der Waals surface area contributed by atoms with E-state index in [9.17, 15) is 19.5 Å². The van der Waals surface area contributed by atoms with Crippen molar-refractivity contribution in [1.82, 2.24) is 9.80 Å². The van der Waals surface area contributed by atoms with Crippen LogP contribution >= 0.6 is 0 Å². The molecule has 0 aromatic rings. The summed E-state index contributed by atoms with van der Waals surface area (Å²) in [4.78, 5) is 43.2. The SMILES string of the molecule is C=CCCCCOC(=O)[C@@H]1[C@@H]2CCC3(O2)C(C(=O)N(CC=C)C(C)C)N(CCO)C(=O)[C@H]13. The molecule has 2 amide bonds. The molecule has 3 rings (SSSR count). The van der Waals surface area contributed by atoms with E-state index in [4.69, 9.17) is 9.47 Å². The first-order chi connectivity index (χ1) is 15.3. The van der Waals surface area contributed by atoms with Crippen molar-refractivity contribution >= 4 is 17.8 Å². The van der Waals surface area contributed by atoms with E-state index in [1.165, 1.54) is 4.90 Å². The maximum Gasteiger partial charge on any atom is 0.312 e. The minimum Gasteiger partial charge on any atom is -0.465 e. The first-order valence-electron chi connectivity index (χ1n) is 11.6. The van der Waals surface area contributed by atoms with Crippen LogP contribution in [0.1, 0.15) is 46.0 Å². The number of likely N-dealkylation sites (tertiary alicyclic amines) is 1. The van der Waals surface area contributed by atoms with E-state index in [0.29, 0.717) is 19.4 Å². The Kier molecular flexibility index (Phi) is 7.77. The quantitative estimate of drug-likeness (QED) is 0.277. The van der Waals surface area contributed by atoms with E-state index >= 15 is 0 Å². The van der Waals surface area contributed by atoms with Crippen LogP contribution in [0, 0.1) is 11.8 Å². The van der Waals surface area contributed by atoms with Crippen LogP contribution in [0.25, 0.3) is 0 Å². The summed E-state index contributed by atoms with van der Waals surface area (Å²) in [5, 5.41) is 9.61. The zero-order valence-corrected chi connectivity index (χ0v) is 19.2. The molecule has 3 saturated heterocycles. The van der Waals surface area contributed by atoms with E-state index in [0.717, 1.165) is 19.3 Å². The molecule has 0 aromatic heterocycles. The summed E-state index contributed by atoms with van der Waals surface area (Å²) in [5.74, 6) is -2.46. The molecule has 178 valence electrons. The van der Waals surface area contributed by atoms with Crippen molar-refractivity contribution in [2.24, 2.45) is 11.8 Å². The Morgan fingerprint density at radius 3 is 2.72 bits per heavy atom. The summed E-state index contributed by atoms with van der Waals surface area (Å²) >= 11 is 0. The van der Waals surface area contributed by atoms with Crippen LogP contribution in [0.3, 0.4) is 0 Å².